The van der Waals surface area contributed by atoms with Crippen LogP contribution in [0.4, 0.5) is 18.9 Å². The molecule has 3 aromatic rings. The van der Waals surface area contributed by atoms with E-state index in [2.05, 4.69) is 10.3 Å². The second kappa shape index (κ2) is 9.88. The number of halogens is 3. The second-order valence-electron chi connectivity index (χ2n) is 6.54. The van der Waals surface area contributed by atoms with Crippen LogP contribution < -0.4 is 10.1 Å². The largest absolute Gasteiger partial charge is 0.497 e. The van der Waals surface area contributed by atoms with Crippen molar-refractivity contribution in [3.63, 3.8) is 0 Å². The fourth-order valence-corrected chi connectivity index (χ4v) is 3.61. The van der Waals surface area contributed by atoms with Crippen LogP contribution in [0.5, 0.6) is 5.75 Å². The summed E-state index contributed by atoms with van der Waals surface area (Å²) in [6.45, 7) is 0.206. The molecule has 6 nitrogen and oxygen atoms in total. The highest BCUT2D eigenvalue weighted by Gasteiger charge is 2.30. The molecule has 0 aliphatic heterocycles. The van der Waals surface area contributed by atoms with Gasteiger partial charge in [-0.3, -0.25) is 4.79 Å². The molecule has 1 aromatic heterocycles. The number of carbonyl (C=O) groups is 1. The van der Waals surface area contributed by atoms with Crippen LogP contribution >= 0.6 is 11.8 Å². The first-order valence-corrected chi connectivity index (χ1v) is 10.2. The van der Waals surface area contributed by atoms with E-state index in [1.165, 1.54) is 18.3 Å². The van der Waals surface area contributed by atoms with Gasteiger partial charge in [-0.1, -0.05) is 30.0 Å². The molecule has 3 rings (SSSR count). The summed E-state index contributed by atoms with van der Waals surface area (Å²) in [5.41, 5.74) is 0.763. The lowest BCUT2D eigenvalue weighted by Gasteiger charge is -2.12. The number of hydrogen-bond acceptors (Lipinski definition) is 5. The third-order valence-corrected chi connectivity index (χ3v) is 5.36. The number of methoxy groups -OCH3 is 1. The van der Waals surface area contributed by atoms with E-state index in [1.54, 1.807) is 11.7 Å². The highest BCUT2D eigenvalue weighted by molar-refractivity contribution is 7.99. The van der Waals surface area contributed by atoms with Crippen molar-refractivity contribution < 1.29 is 27.8 Å². The number of aliphatic hydroxyl groups is 1. The normalized spacial score (nSPS) is 11.4. The minimum Gasteiger partial charge on any atom is -0.497 e. The number of rotatable bonds is 8. The molecule has 0 saturated heterocycles. The third-order valence-electron chi connectivity index (χ3n) is 4.37. The first-order chi connectivity index (χ1) is 14.8. The molecule has 1 heterocycles. The van der Waals surface area contributed by atoms with Gasteiger partial charge in [0.25, 0.3) is 0 Å². The summed E-state index contributed by atoms with van der Waals surface area (Å²) in [5, 5.41) is 12.6. The fourth-order valence-electron chi connectivity index (χ4n) is 2.82. The van der Waals surface area contributed by atoms with Crippen LogP contribution in [-0.4, -0.2) is 33.4 Å². The number of hydrogen-bond donors (Lipinski definition) is 2. The molecule has 0 aliphatic carbocycles. The highest BCUT2D eigenvalue weighted by atomic mass is 32.2. The maximum Gasteiger partial charge on any atom is 0.416 e. The summed E-state index contributed by atoms with van der Waals surface area (Å²) >= 11 is 1.13. The SMILES string of the molecule is COc1ccc(Cn2c(CO)cnc2SCC(=O)Nc2cccc(C(F)(F)F)c2)cc1. The van der Waals surface area contributed by atoms with Crippen molar-refractivity contribution in [1.82, 2.24) is 9.55 Å². The minimum absolute atomic E-state index is 0.0548. The van der Waals surface area contributed by atoms with Crippen LogP contribution in [0.15, 0.2) is 59.9 Å². The van der Waals surface area contributed by atoms with Gasteiger partial charge < -0.3 is 19.7 Å². The van der Waals surface area contributed by atoms with E-state index in [0.29, 0.717) is 17.4 Å². The van der Waals surface area contributed by atoms with Crippen LogP contribution in [0.1, 0.15) is 16.8 Å². The van der Waals surface area contributed by atoms with E-state index in [1.807, 2.05) is 24.3 Å². The monoisotopic (exact) mass is 451 g/mol. The van der Waals surface area contributed by atoms with Crippen molar-refractivity contribution in [2.75, 3.05) is 18.2 Å². The van der Waals surface area contributed by atoms with E-state index in [9.17, 15) is 23.1 Å². The van der Waals surface area contributed by atoms with Crippen molar-refractivity contribution in [1.29, 1.82) is 0 Å². The van der Waals surface area contributed by atoms with Crippen molar-refractivity contribution >= 4 is 23.4 Å². The van der Waals surface area contributed by atoms with Crippen LogP contribution in [-0.2, 0) is 24.1 Å². The van der Waals surface area contributed by atoms with Crippen molar-refractivity contribution in [2.24, 2.45) is 0 Å². The van der Waals surface area contributed by atoms with E-state index in [-0.39, 0.29) is 18.0 Å². The van der Waals surface area contributed by atoms with Gasteiger partial charge in [0.05, 0.1) is 36.9 Å². The third kappa shape index (κ3) is 6.02. The van der Waals surface area contributed by atoms with Gasteiger partial charge in [0, 0.05) is 12.2 Å². The maximum atomic E-state index is 12.8. The lowest BCUT2D eigenvalue weighted by atomic mass is 10.2. The average molecular weight is 451 g/mol. The molecule has 0 atom stereocenters. The molecule has 0 spiro atoms. The summed E-state index contributed by atoms with van der Waals surface area (Å²) in [4.78, 5) is 16.5. The number of amides is 1. The molecule has 10 heteroatoms. The Hall–Kier alpha value is -2.98. The highest BCUT2D eigenvalue weighted by Crippen LogP contribution is 2.30. The zero-order valence-corrected chi connectivity index (χ0v) is 17.3. The maximum absolute atomic E-state index is 12.8. The van der Waals surface area contributed by atoms with Gasteiger partial charge in [-0.15, -0.1) is 0 Å². The summed E-state index contributed by atoms with van der Waals surface area (Å²) in [6.07, 6.45) is -2.96. The molecular formula is C21H20F3N3O3S. The number of aliphatic hydroxyl groups excluding tert-OH is 1. The number of alkyl halides is 3. The number of nitrogens with one attached hydrogen (secondary N) is 1. The summed E-state index contributed by atoms with van der Waals surface area (Å²) in [5.74, 6) is 0.201. The van der Waals surface area contributed by atoms with Crippen molar-refractivity contribution in [3.8, 4) is 5.75 Å². The van der Waals surface area contributed by atoms with Crippen molar-refractivity contribution in [3.05, 3.63) is 71.5 Å². The molecule has 0 fully saturated rings. The van der Waals surface area contributed by atoms with Crippen LogP contribution in [0.2, 0.25) is 0 Å². The number of ether oxygens (including phenoxy) is 1. The predicted octanol–water partition coefficient (Wildman–Crippen LogP) is 4.18. The molecule has 0 bridgehead atoms. The minimum atomic E-state index is -4.48. The number of thioether (sulfide) groups is 1. The predicted molar refractivity (Wildman–Crippen MR) is 111 cm³/mol. The zero-order chi connectivity index (χ0) is 22.4. The topological polar surface area (TPSA) is 76.4 Å². The van der Waals surface area contributed by atoms with Gasteiger partial charge in [0.2, 0.25) is 5.91 Å². The Morgan fingerprint density at radius 1 is 1.23 bits per heavy atom. The van der Waals surface area contributed by atoms with Crippen molar-refractivity contribution in [2.45, 2.75) is 24.5 Å². The molecule has 1 amide bonds. The molecule has 0 unspecified atom stereocenters. The van der Waals surface area contributed by atoms with E-state index in [0.717, 1.165) is 35.2 Å². The Morgan fingerprint density at radius 2 is 1.97 bits per heavy atom. The van der Waals surface area contributed by atoms with Gasteiger partial charge in [0.15, 0.2) is 5.16 Å². The Bertz CT molecular complexity index is 1040. The lowest BCUT2D eigenvalue weighted by molar-refractivity contribution is -0.137. The van der Waals surface area contributed by atoms with Crippen LogP contribution in [0.25, 0.3) is 0 Å². The number of anilines is 1. The summed E-state index contributed by atoms with van der Waals surface area (Å²) < 4.78 is 45.4. The van der Waals surface area contributed by atoms with E-state index in [4.69, 9.17) is 4.74 Å². The first kappa shape index (κ1) is 22.7. The summed E-state index contributed by atoms with van der Waals surface area (Å²) in [7, 11) is 1.58. The smallest absolute Gasteiger partial charge is 0.416 e. The second-order valence-corrected chi connectivity index (χ2v) is 7.48. The van der Waals surface area contributed by atoms with Gasteiger partial charge >= 0.3 is 6.18 Å². The zero-order valence-electron chi connectivity index (χ0n) is 16.5. The van der Waals surface area contributed by atoms with Crippen LogP contribution in [0.3, 0.4) is 0 Å². The molecule has 164 valence electrons. The van der Waals surface area contributed by atoms with Gasteiger partial charge in [-0.2, -0.15) is 13.2 Å². The Labute approximate surface area is 181 Å². The Kier molecular flexibility index (Phi) is 7.24. The Morgan fingerprint density at radius 3 is 2.61 bits per heavy atom. The first-order valence-electron chi connectivity index (χ1n) is 9.18. The van der Waals surface area contributed by atoms with E-state index < -0.39 is 17.6 Å². The standard InChI is InChI=1S/C21H20F3N3O3S/c1-30-18-7-5-14(6-8-18)11-27-17(12-28)10-25-20(27)31-13-19(29)26-16-4-2-3-15(9-16)21(22,23)24/h2-10,28H,11-13H2,1H3,(H,26,29). The average Bonchev–Trinajstić information content (AvgIpc) is 3.14. The molecule has 2 N–H and O–H groups in total. The fraction of sp³-hybridized carbons (Fsp3) is 0.238. The van der Waals surface area contributed by atoms with Gasteiger partial charge in [-0.05, 0) is 35.9 Å². The number of carbonyl (C=O) groups excluding carboxylic acids is 1. The summed E-state index contributed by atoms with van der Waals surface area (Å²) in [6, 6.07) is 11.9. The van der Waals surface area contributed by atoms with E-state index >= 15 is 0 Å². The van der Waals surface area contributed by atoms with Gasteiger partial charge in [-0.25, -0.2) is 4.98 Å². The number of nitrogens with zero attached hydrogens (tertiary/aromatic N) is 2. The molecule has 2 aromatic carbocycles. The number of aromatic nitrogens is 2. The number of benzene rings is 2. The van der Waals surface area contributed by atoms with Crippen LogP contribution in [0, 0.1) is 0 Å². The van der Waals surface area contributed by atoms with Gasteiger partial charge in [0.1, 0.15) is 5.75 Å². The molecule has 0 radical (unpaired) electrons. The molecule has 0 aliphatic rings. The number of imidazole rings is 1. The Balaban J connectivity index is 1.66. The molecule has 31 heavy (non-hydrogen) atoms. The lowest BCUT2D eigenvalue weighted by Crippen LogP contribution is -2.16. The molecular weight excluding hydrogens is 431 g/mol. The quantitative estimate of drug-likeness (QED) is 0.503. The molecule has 0 saturated carbocycles.